The van der Waals surface area contributed by atoms with Gasteiger partial charge in [0.1, 0.15) is 5.69 Å². The number of pyridine rings is 1. The molecule has 0 bridgehead atoms. The summed E-state index contributed by atoms with van der Waals surface area (Å²) in [6.07, 6.45) is 2.90. The van der Waals surface area contributed by atoms with Gasteiger partial charge in [-0.2, -0.15) is 8.78 Å². The molecule has 0 spiro atoms. The Morgan fingerprint density at radius 1 is 1.18 bits per heavy atom. The summed E-state index contributed by atoms with van der Waals surface area (Å²) in [5.41, 5.74) is -1.30. The Hall–Kier alpha value is -2.68. The first-order valence-corrected chi connectivity index (χ1v) is 9.61. The fourth-order valence-corrected chi connectivity index (χ4v) is 3.15. The van der Waals surface area contributed by atoms with Gasteiger partial charge >= 0.3 is 0 Å². The molecule has 1 N–H and O–H groups in total. The number of aromatic nitrogens is 2. The summed E-state index contributed by atoms with van der Waals surface area (Å²) in [7, 11) is 1.45. The highest BCUT2D eigenvalue weighted by Crippen LogP contribution is 2.34. The normalized spacial score (nSPS) is 10.9. The lowest BCUT2D eigenvalue weighted by Crippen LogP contribution is -2.15. The molecule has 8 heteroatoms. The van der Waals surface area contributed by atoms with E-state index >= 15 is 0 Å². The first kappa shape index (κ1) is 20.1. The summed E-state index contributed by atoms with van der Waals surface area (Å²) >= 11 is 1.50. The van der Waals surface area contributed by atoms with E-state index in [9.17, 15) is 13.6 Å². The number of alkyl halides is 2. The van der Waals surface area contributed by atoms with Crippen LogP contribution in [0.1, 0.15) is 37.1 Å². The molecule has 3 rings (SSSR count). The molecule has 0 fully saturated rings. The van der Waals surface area contributed by atoms with E-state index in [0.717, 1.165) is 27.1 Å². The maximum Gasteiger partial charge on any atom is 0.284 e. The van der Waals surface area contributed by atoms with Gasteiger partial charge in [-0.3, -0.25) is 9.78 Å². The number of carbonyl (C=O) groups excluding carboxylic acids is 1. The first-order chi connectivity index (χ1) is 13.2. The summed E-state index contributed by atoms with van der Waals surface area (Å²) < 4.78 is 26.9. The minimum absolute atomic E-state index is 0.0898. The molecule has 0 aliphatic rings. The van der Waals surface area contributed by atoms with Gasteiger partial charge in [0.15, 0.2) is 0 Å². The topological polar surface area (TPSA) is 54.9 Å². The van der Waals surface area contributed by atoms with Crippen molar-refractivity contribution in [3.05, 3.63) is 75.0 Å². The average molecular weight is 415 g/mol. The lowest BCUT2D eigenvalue weighted by atomic mass is 10.1. The molecule has 4 nitrogen and oxygen atoms in total. The van der Waals surface area contributed by atoms with Crippen molar-refractivity contribution in [1.82, 2.24) is 9.97 Å². The van der Waals surface area contributed by atoms with Crippen LogP contribution in [0, 0.1) is 25.7 Å². The van der Waals surface area contributed by atoms with Crippen molar-refractivity contribution < 1.29 is 13.6 Å². The van der Waals surface area contributed by atoms with Gasteiger partial charge < -0.3 is 5.32 Å². The fourth-order valence-electron chi connectivity index (χ4n) is 2.34. The van der Waals surface area contributed by atoms with Gasteiger partial charge in [-0.15, -0.1) is 11.3 Å². The van der Waals surface area contributed by atoms with Gasteiger partial charge in [-0.1, -0.05) is 21.2 Å². The Labute approximate surface area is 167 Å². The van der Waals surface area contributed by atoms with Crippen LogP contribution in [-0.4, -0.2) is 15.9 Å². The molecule has 28 heavy (non-hydrogen) atoms. The predicted molar refractivity (Wildman–Crippen MR) is 110 cm³/mol. The summed E-state index contributed by atoms with van der Waals surface area (Å²) in [5, 5.41) is 3.61. The van der Waals surface area contributed by atoms with E-state index in [1.807, 2.05) is 19.9 Å². The third-order valence-corrected chi connectivity index (χ3v) is 4.98. The Morgan fingerprint density at radius 2 is 1.96 bits per heavy atom. The van der Waals surface area contributed by atoms with Gasteiger partial charge in [0.05, 0.1) is 16.1 Å². The maximum absolute atomic E-state index is 13.4. The number of hydrogen-bond acceptors (Lipinski definition) is 4. The zero-order valence-electron chi connectivity index (χ0n) is 15.1. The molecule has 1 atom stereocenters. The zero-order chi connectivity index (χ0) is 20.3. The van der Waals surface area contributed by atoms with Crippen molar-refractivity contribution in [2.75, 3.05) is 5.32 Å². The monoisotopic (exact) mass is 415 g/mol. The molecular formula is C20H16F2N3OPS. The SMILES string of the molecule is Cc1ncc(C#Cc2cc(NC(=O)c3cc(C(F)(F)P)ccn3)ccc2C)s1. The summed E-state index contributed by atoms with van der Waals surface area (Å²) in [6.45, 7) is 3.83. The molecular weight excluding hydrogens is 399 g/mol. The standard InChI is InChI=1S/C20H16F2N3OPS/c1-12-3-5-16(9-14(12)4-6-17-11-24-13(2)28-17)25-19(26)18-10-15(7-8-23-18)20(21,22)27/h3,5,7-11H,27H2,1-2H3,(H,25,26). The van der Waals surface area contributed by atoms with Gasteiger partial charge in [0.2, 0.25) is 0 Å². The molecule has 0 radical (unpaired) electrons. The molecule has 0 saturated carbocycles. The van der Waals surface area contributed by atoms with E-state index in [0.29, 0.717) is 5.69 Å². The van der Waals surface area contributed by atoms with E-state index in [2.05, 4.69) is 27.1 Å². The Balaban J connectivity index is 1.82. The second kappa shape index (κ2) is 8.14. The van der Waals surface area contributed by atoms with Crippen molar-refractivity contribution in [3.63, 3.8) is 0 Å². The van der Waals surface area contributed by atoms with Crippen LogP contribution in [-0.2, 0) is 5.66 Å². The molecule has 3 aromatic rings. The Morgan fingerprint density at radius 3 is 2.64 bits per heavy atom. The summed E-state index contributed by atoms with van der Waals surface area (Å²) in [6, 6.07) is 7.54. The van der Waals surface area contributed by atoms with Crippen LogP contribution in [0.3, 0.4) is 0 Å². The third kappa shape index (κ3) is 4.98. The third-order valence-electron chi connectivity index (χ3n) is 3.81. The van der Waals surface area contributed by atoms with Crippen LogP contribution in [0.2, 0.25) is 0 Å². The van der Waals surface area contributed by atoms with Crippen molar-refractivity contribution in [3.8, 4) is 11.8 Å². The fraction of sp³-hybridized carbons (Fsp3) is 0.150. The minimum Gasteiger partial charge on any atom is -0.321 e. The minimum atomic E-state index is -3.13. The lowest BCUT2D eigenvalue weighted by Gasteiger charge is -2.11. The van der Waals surface area contributed by atoms with E-state index in [4.69, 9.17) is 0 Å². The van der Waals surface area contributed by atoms with E-state index in [1.165, 1.54) is 32.8 Å². The van der Waals surface area contributed by atoms with E-state index < -0.39 is 11.6 Å². The number of aryl methyl sites for hydroxylation is 2. The number of amides is 1. The number of nitrogens with one attached hydrogen (secondary N) is 1. The van der Waals surface area contributed by atoms with Crippen LogP contribution < -0.4 is 5.32 Å². The number of nitrogens with zero attached hydrogens (tertiary/aromatic N) is 2. The zero-order valence-corrected chi connectivity index (χ0v) is 17.1. The van der Waals surface area contributed by atoms with Crippen molar-refractivity contribution >= 4 is 32.2 Å². The van der Waals surface area contributed by atoms with Crippen molar-refractivity contribution in [2.45, 2.75) is 19.5 Å². The highest BCUT2D eigenvalue weighted by molar-refractivity contribution is 7.17. The van der Waals surface area contributed by atoms with E-state index in [-0.39, 0.29) is 11.3 Å². The van der Waals surface area contributed by atoms with Gasteiger partial charge in [-0.05, 0) is 49.6 Å². The largest absolute Gasteiger partial charge is 0.321 e. The molecule has 0 saturated heterocycles. The second-order valence-corrected chi connectivity index (χ2v) is 7.99. The number of benzene rings is 1. The van der Waals surface area contributed by atoms with Crippen molar-refractivity contribution in [2.24, 2.45) is 0 Å². The number of carbonyl (C=O) groups is 1. The van der Waals surface area contributed by atoms with Gasteiger partial charge in [-0.25, -0.2) is 4.98 Å². The number of halogens is 2. The second-order valence-electron chi connectivity index (χ2n) is 6.03. The molecule has 2 aromatic heterocycles. The molecule has 142 valence electrons. The molecule has 0 aliphatic carbocycles. The molecule has 1 aromatic carbocycles. The molecule has 1 amide bonds. The average Bonchev–Trinajstić information content (AvgIpc) is 3.07. The Kier molecular flexibility index (Phi) is 5.83. The number of hydrogen-bond donors (Lipinski definition) is 1. The molecule has 1 unspecified atom stereocenters. The molecule has 2 heterocycles. The summed E-state index contributed by atoms with van der Waals surface area (Å²) in [4.78, 5) is 21.3. The number of rotatable bonds is 3. The van der Waals surface area contributed by atoms with Crippen LogP contribution in [0.25, 0.3) is 0 Å². The number of anilines is 1. The highest BCUT2D eigenvalue weighted by atomic mass is 32.1. The van der Waals surface area contributed by atoms with Crippen LogP contribution in [0.4, 0.5) is 14.5 Å². The highest BCUT2D eigenvalue weighted by Gasteiger charge is 2.25. The van der Waals surface area contributed by atoms with Crippen LogP contribution >= 0.6 is 20.6 Å². The van der Waals surface area contributed by atoms with Crippen molar-refractivity contribution in [1.29, 1.82) is 0 Å². The lowest BCUT2D eigenvalue weighted by molar-refractivity contribution is 0.101. The predicted octanol–water partition coefficient (Wildman–Crippen LogP) is 4.73. The van der Waals surface area contributed by atoms with Crippen LogP contribution in [0.5, 0.6) is 0 Å². The molecule has 0 aliphatic heterocycles. The maximum atomic E-state index is 13.4. The summed E-state index contributed by atoms with van der Waals surface area (Å²) in [5.74, 6) is 5.56. The quantitative estimate of drug-likeness (QED) is 0.497. The first-order valence-electron chi connectivity index (χ1n) is 8.22. The van der Waals surface area contributed by atoms with E-state index in [1.54, 1.807) is 18.3 Å². The Bertz CT molecular complexity index is 1100. The van der Waals surface area contributed by atoms with Crippen LogP contribution in [0.15, 0.2) is 42.7 Å². The number of thiazole rings is 1. The van der Waals surface area contributed by atoms with Gasteiger partial charge in [0, 0.05) is 23.0 Å². The van der Waals surface area contributed by atoms with Gasteiger partial charge in [0.25, 0.3) is 11.6 Å². The smallest absolute Gasteiger partial charge is 0.284 e.